The van der Waals surface area contributed by atoms with Gasteiger partial charge in [0.1, 0.15) is 0 Å². The SMILES string of the molecule is Cc1ccc(C(=O)NNc2cccc(C(F)(F)F)c2)cc1S(=O)(=O)N1CCCCC1. The highest BCUT2D eigenvalue weighted by Crippen LogP contribution is 2.30. The second kappa shape index (κ2) is 8.65. The summed E-state index contributed by atoms with van der Waals surface area (Å²) >= 11 is 0. The van der Waals surface area contributed by atoms with Crippen molar-refractivity contribution in [1.29, 1.82) is 0 Å². The van der Waals surface area contributed by atoms with E-state index in [2.05, 4.69) is 10.9 Å². The summed E-state index contributed by atoms with van der Waals surface area (Å²) in [6.45, 7) is 2.53. The molecule has 1 fully saturated rings. The van der Waals surface area contributed by atoms with Crippen LogP contribution in [0, 0.1) is 6.92 Å². The van der Waals surface area contributed by atoms with Gasteiger partial charge in [0.05, 0.1) is 16.1 Å². The summed E-state index contributed by atoms with van der Waals surface area (Å²) in [5.41, 5.74) is 4.53. The van der Waals surface area contributed by atoms with Crippen molar-refractivity contribution in [1.82, 2.24) is 9.73 Å². The first kappa shape index (κ1) is 22.1. The lowest BCUT2D eigenvalue weighted by atomic mass is 10.1. The first-order valence-electron chi connectivity index (χ1n) is 9.43. The molecule has 3 rings (SSSR count). The number of rotatable bonds is 5. The zero-order valence-corrected chi connectivity index (χ0v) is 17.1. The highest BCUT2D eigenvalue weighted by atomic mass is 32.2. The van der Waals surface area contributed by atoms with Crippen LogP contribution in [0.4, 0.5) is 18.9 Å². The van der Waals surface area contributed by atoms with Gasteiger partial charge in [-0.15, -0.1) is 0 Å². The molecule has 30 heavy (non-hydrogen) atoms. The van der Waals surface area contributed by atoms with Crippen molar-refractivity contribution in [2.75, 3.05) is 18.5 Å². The number of carbonyl (C=O) groups excluding carboxylic acids is 1. The van der Waals surface area contributed by atoms with E-state index in [4.69, 9.17) is 0 Å². The molecule has 0 aromatic heterocycles. The van der Waals surface area contributed by atoms with Gasteiger partial charge < -0.3 is 0 Å². The van der Waals surface area contributed by atoms with E-state index in [0.29, 0.717) is 18.7 Å². The van der Waals surface area contributed by atoms with Gasteiger partial charge in [0.2, 0.25) is 10.0 Å². The Bertz CT molecular complexity index is 1030. The fourth-order valence-corrected chi connectivity index (χ4v) is 5.01. The van der Waals surface area contributed by atoms with E-state index in [1.165, 1.54) is 34.6 Å². The quantitative estimate of drug-likeness (QED) is 0.689. The number of amides is 1. The molecular formula is C20H22F3N3O3S. The number of hydrogen-bond acceptors (Lipinski definition) is 4. The number of alkyl halides is 3. The maximum atomic E-state index is 13.0. The van der Waals surface area contributed by atoms with E-state index in [9.17, 15) is 26.4 Å². The minimum absolute atomic E-state index is 0.0476. The lowest BCUT2D eigenvalue weighted by Gasteiger charge is -2.26. The molecule has 0 saturated carbocycles. The van der Waals surface area contributed by atoms with Crippen LogP contribution in [-0.2, 0) is 16.2 Å². The van der Waals surface area contributed by atoms with Gasteiger partial charge in [-0.1, -0.05) is 18.6 Å². The maximum absolute atomic E-state index is 13.0. The van der Waals surface area contributed by atoms with Gasteiger partial charge in [0, 0.05) is 18.7 Å². The first-order chi connectivity index (χ1) is 14.1. The summed E-state index contributed by atoms with van der Waals surface area (Å²) in [7, 11) is -3.73. The van der Waals surface area contributed by atoms with Crippen molar-refractivity contribution < 1.29 is 26.4 Å². The number of nitrogens with zero attached hydrogens (tertiary/aromatic N) is 1. The molecule has 0 radical (unpaired) electrons. The lowest BCUT2D eigenvalue weighted by molar-refractivity contribution is -0.137. The summed E-state index contributed by atoms with van der Waals surface area (Å²) in [5.74, 6) is -0.664. The zero-order chi connectivity index (χ0) is 21.9. The van der Waals surface area contributed by atoms with Crippen molar-refractivity contribution in [3.63, 3.8) is 0 Å². The van der Waals surface area contributed by atoms with Crippen LogP contribution in [0.25, 0.3) is 0 Å². The molecule has 0 bridgehead atoms. The van der Waals surface area contributed by atoms with E-state index in [1.54, 1.807) is 6.92 Å². The summed E-state index contributed by atoms with van der Waals surface area (Å²) in [4.78, 5) is 12.5. The van der Waals surface area contributed by atoms with Crippen LogP contribution in [0.15, 0.2) is 47.4 Å². The molecule has 0 spiro atoms. The smallest absolute Gasteiger partial charge is 0.298 e. The predicted octanol–water partition coefficient (Wildman–Crippen LogP) is 3.95. The second-order valence-electron chi connectivity index (χ2n) is 7.10. The summed E-state index contributed by atoms with van der Waals surface area (Å²) in [6, 6.07) is 8.67. The van der Waals surface area contributed by atoms with Crippen LogP contribution in [0.3, 0.4) is 0 Å². The Balaban J connectivity index is 1.77. The van der Waals surface area contributed by atoms with Crippen molar-refractivity contribution in [2.24, 2.45) is 0 Å². The summed E-state index contributed by atoms with van der Waals surface area (Å²) < 4.78 is 65.8. The van der Waals surface area contributed by atoms with Crippen LogP contribution in [0.2, 0.25) is 0 Å². The molecule has 1 saturated heterocycles. The third-order valence-corrected chi connectivity index (χ3v) is 6.93. The van der Waals surface area contributed by atoms with E-state index < -0.39 is 27.7 Å². The molecule has 10 heteroatoms. The molecule has 0 unspecified atom stereocenters. The molecule has 0 aliphatic carbocycles. The molecule has 6 nitrogen and oxygen atoms in total. The molecule has 1 aliphatic heterocycles. The fourth-order valence-electron chi connectivity index (χ4n) is 3.24. The average Bonchev–Trinajstić information content (AvgIpc) is 2.72. The Kier molecular flexibility index (Phi) is 6.37. The highest BCUT2D eigenvalue weighted by molar-refractivity contribution is 7.89. The Morgan fingerprint density at radius 2 is 1.73 bits per heavy atom. The molecule has 1 amide bonds. The van der Waals surface area contributed by atoms with Crippen LogP contribution >= 0.6 is 0 Å². The average molecular weight is 441 g/mol. The first-order valence-corrected chi connectivity index (χ1v) is 10.9. The van der Waals surface area contributed by atoms with Crippen LogP contribution in [0.1, 0.15) is 40.7 Å². The lowest BCUT2D eigenvalue weighted by Crippen LogP contribution is -2.36. The zero-order valence-electron chi connectivity index (χ0n) is 16.3. The van der Waals surface area contributed by atoms with Crippen molar-refractivity contribution in [3.8, 4) is 0 Å². The van der Waals surface area contributed by atoms with Gasteiger partial charge in [0.25, 0.3) is 5.91 Å². The van der Waals surface area contributed by atoms with Crippen molar-refractivity contribution in [2.45, 2.75) is 37.3 Å². The van der Waals surface area contributed by atoms with Gasteiger partial charge >= 0.3 is 6.18 Å². The van der Waals surface area contributed by atoms with Gasteiger partial charge in [-0.2, -0.15) is 17.5 Å². The van der Waals surface area contributed by atoms with Gasteiger partial charge in [-0.05, 0) is 55.7 Å². The van der Waals surface area contributed by atoms with Crippen molar-refractivity contribution in [3.05, 3.63) is 59.2 Å². The molecule has 162 valence electrons. The Morgan fingerprint density at radius 3 is 2.40 bits per heavy atom. The number of piperidine rings is 1. The molecule has 2 aromatic rings. The van der Waals surface area contributed by atoms with Crippen LogP contribution in [-0.4, -0.2) is 31.7 Å². The summed E-state index contributed by atoms with van der Waals surface area (Å²) in [6.07, 6.45) is -1.94. The Labute approximate surface area is 173 Å². The van der Waals surface area contributed by atoms with E-state index in [0.717, 1.165) is 31.4 Å². The number of hydrogen-bond donors (Lipinski definition) is 2. The van der Waals surface area contributed by atoms with E-state index >= 15 is 0 Å². The molecule has 2 N–H and O–H groups in total. The number of sulfonamides is 1. The molecule has 1 heterocycles. The minimum atomic E-state index is -4.50. The highest BCUT2D eigenvalue weighted by Gasteiger charge is 2.30. The van der Waals surface area contributed by atoms with E-state index in [-0.39, 0.29) is 16.1 Å². The number of aryl methyl sites for hydroxylation is 1. The number of carbonyl (C=O) groups is 1. The predicted molar refractivity (Wildman–Crippen MR) is 106 cm³/mol. The third kappa shape index (κ3) is 4.93. The third-order valence-electron chi connectivity index (χ3n) is 4.89. The number of hydrazine groups is 1. The number of benzene rings is 2. The number of anilines is 1. The standard InChI is InChI=1S/C20H22F3N3O3S/c1-14-8-9-15(12-18(14)30(28,29)26-10-3-2-4-11-26)19(27)25-24-17-7-5-6-16(13-17)20(21,22)23/h5-9,12-13,24H,2-4,10-11H2,1H3,(H,25,27). The minimum Gasteiger partial charge on any atom is -0.298 e. The molecule has 0 atom stereocenters. The molecular weight excluding hydrogens is 419 g/mol. The van der Waals surface area contributed by atoms with Gasteiger partial charge in [-0.25, -0.2) is 8.42 Å². The normalized spacial score (nSPS) is 15.6. The largest absolute Gasteiger partial charge is 0.416 e. The van der Waals surface area contributed by atoms with Gasteiger partial charge in [0.15, 0.2) is 0 Å². The Hall–Kier alpha value is -2.59. The molecule has 2 aromatic carbocycles. The van der Waals surface area contributed by atoms with Crippen LogP contribution < -0.4 is 10.9 Å². The number of halogens is 3. The van der Waals surface area contributed by atoms with Gasteiger partial charge in [-0.3, -0.25) is 15.6 Å². The Morgan fingerprint density at radius 1 is 1.03 bits per heavy atom. The molecule has 1 aliphatic rings. The topological polar surface area (TPSA) is 78.5 Å². The monoisotopic (exact) mass is 441 g/mol. The van der Waals surface area contributed by atoms with E-state index in [1.807, 2.05) is 0 Å². The fraction of sp³-hybridized carbons (Fsp3) is 0.350. The summed E-state index contributed by atoms with van der Waals surface area (Å²) in [5, 5.41) is 0. The van der Waals surface area contributed by atoms with Crippen molar-refractivity contribution >= 4 is 21.6 Å². The maximum Gasteiger partial charge on any atom is 0.416 e. The van der Waals surface area contributed by atoms with Crippen LogP contribution in [0.5, 0.6) is 0 Å². The second-order valence-corrected chi connectivity index (χ2v) is 9.01. The number of nitrogens with one attached hydrogen (secondary N) is 2.